The van der Waals surface area contributed by atoms with Gasteiger partial charge >= 0.3 is 6.18 Å². The van der Waals surface area contributed by atoms with E-state index in [0.29, 0.717) is 55.9 Å². The summed E-state index contributed by atoms with van der Waals surface area (Å²) >= 11 is 0. The first-order valence-electron chi connectivity index (χ1n) is 26.5. The van der Waals surface area contributed by atoms with Gasteiger partial charge in [0, 0.05) is 32.7 Å². The Balaban J connectivity index is 1.12. The molecule has 0 atom stereocenters. The van der Waals surface area contributed by atoms with Crippen molar-refractivity contribution in [2.75, 3.05) is 0 Å². The zero-order chi connectivity index (χ0) is 57.8. The highest BCUT2D eigenvalue weighted by Gasteiger charge is 2.32. The molecule has 13 rings (SSSR count). The van der Waals surface area contributed by atoms with E-state index >= 15 is 0 Å². The van der Waals surface area contributed by atoms with Gasteiger partial charge in [-0.15, -0.1) is 0 Å². The minimum absolute atomic E-state index is 0.166. The number of nitrogens with zero attached hydrogens (tertiary/aromatic N) is 8. The van der Waals surface area contributed by atoms with Crippen LogP contribution in [0.4, 0.5) is 13.2 Å². The van der Waals surface area contributed by atoms with Crippen molar-refractivity contribution in [1.29, 1.82) is 31.6 Å². The van der Waals surface area contributed by atoms with Crippen molar-refractivity contribution in [3.05, 3.63) is 263 Å². The number of hydrogen-bond donors (Lipinski definition) is 0. The second-order valence-corrected chi connectivity index (χ2v) is 20.3. The van der Waals surface area contributed by atoms with E-state index in [-0.39, 0.29) is 11.1 Å². The van der Waals surface area contributed by atoms with Crippen molar-refractivity contribution < 1.29 is 13.2 Å². The number of fused-ring (bicyclic) bond motifs is 6. The van der Waals surface area contributed by atoms with E-state index in [2.05, 4.69) is 63.7 Å². The summed E-state index contributed by atoms with van der Waals surface area (Å²) in [7, 11) is 0. The van der Waals surface area contributed by atoms with E-state index in [0.717, 1.165) is 100 Å². The van der Waals surface area contributed by atoms with E-state index in [9.17, 15) is 44.7 Å². The van der Waals surface area contributed by atoms with Gasteiger partial charge < -0.3 is 9.13 Å². The molecule has 0 aliphatic rings. The molecule has 2 heterocycles. The number of hydrogen-bond acceptors (Lipinski definition) is 6. The van der Waals surface area contributed by atoms with E-state index in [1.165, 1.54) is 6.07 Å². The lowest BCUT2D eigenvalue weighted by molar-refractivity contribution is -0.137. The fraction of sp³-hybridized carbons (Fsp3) is 0.0137. The summed E-state index contributed by atoms with van der Waals surface area (Å²) in [5.41, 5.74) is 14.5. The molecule has 84 heavy (non-hydrogen) atoms. The van der Waals surface area contributed by atoms with Crippen LogP contribution in [0.2, 0.25) is 0 Å². The Bertz CT molecular complexity index is 5000. The minimum atomic E-state index is -4.70. The maximum Gasteiger partial charge on any atom is 0.416 e. The van der Waals surface area contributed by atoms with Gasteiger partial charge in [-0.05, 0) is 183 Å². The average Bonchev–Trinajstić information content (AvgIpc) is 3.18. The predicted octanol–water partition coefficient (Wildman–Crippen LogP) is 18.1. The summed E-state index contributed by atoms with van der Waals surface area (Å²) < 4.78 is 47.0. The Hall–Kier alpha value is -12.3. The van der Waals surface area contributed by atoms with Gasteiger partial charge in [0.25, 0.3) is 0 Å². The molecule has 0 saturated carbocycles. The summed E-state index contributed by atoms with van der Waals surface area (Å²) in [4.78, 5) is 0. The van der Waals surface area contributed by atoms with Gasteiger partial charge in [0.1, 0.15) is 0 Å². The first kappa shape index (κ1) is 51.2. The molecule has 11 aromatic carbocycles. The molecule has 2 aromatic heterocycles. The maximum absolute atomic E-state index is 14.2. The van der Waals surface area contributed by atoms with Gasteiger partial charge in [0.15, 0.2) is 0 Å². The summed E-state index contributed by atoms with van der Waals surface area (Å²) in [6.07, 6.45) is -4.70. The molecule has 8 nitrogen and oxygen atoms in total. The number of nitriles is 6. The fourth-order valence-electron chi connectivity index (χ4n) is 11.5. The second kappa shape index (κ2) is 20.4. The van der Waals surface area contributed by atoms with Gasteiger partial charge in [0.05, 0.1) is 109 Å². The average molecular weight is 1080 g/mol. The first-order chi connectivity index (χ1) is 40.9. The number of halogens is 3. The molecule has 0 saturated heterocycles. The SMILES string of the molecule is N#Cc1cccc(-c2ccc3c(c2)c2cc(-c4cccc(C#N)c4)ccc2n3-c2cc(C#N)ccc2-c2ccc(-c3ccc(C(F)(F)F)cc3C#N)cc2-n2c3ccc(-c4cccc(C#N)c4)cc3c3cc(-c4cccc(C#N)c4)ccc32)c1. The zero-order valence-corrected chi connectivity index (χ0v) is 44.1. The van der Waals surface area contributed by atoms with E-state index < -0.39 is 11.7 Å². The summed E-state index contributed by atoms with van der Waals surface area (Å²) in [6.45, 7) is 0. The molecule has 0 radical (unpaired) electrons. The van der Waals surface area contributed by atoms with Crippen LogP contribution in [0.5, 0.6) is 0 Å². The molecule has 0 aliphatic carbocycles. The quantitative estimate of drug-likeness (QED) is 0.148. The molecule has 390 valence electrons. The zero-order valence-electron chi connectivity index (χ0n) is 44.1. The lowest BCUT2D eigenvalue weighted by Gasteiger charge is -2.20. The minimum Gasteiger partial charge on any atom is -0.309 e. The molecular formula is C73H37F3N8. The van der Waals surface area contributed by atoms with Crippen LogP contribution in [0.3, 0.4) is 0 Å². The number of benzene rings is 11. The molecule has 0 amide bonds. The predicted molar refractivity (Wildman–Crippen MR) is 321 cm³/mol. The molecule has 0 spiro atoms. The van der Waals surface area contributed by atoms with Gasteiger partial charge in [-0.1, -0.05) is 97.1 Å². The third kappa shape index (κ3) is 8.87. The van der Waals surface area contributed by atoms with Crippen LogP contribution < -0.4 is 0 Å². The summed E-state index contributed by atoms with van der Waals surface area (Å²) in [5.74, 6) is 0. The molecule has 11 heteroatoms. The van der Waals surface area contributed by atoms with Crippen LogP contribution in [-0.2, 0) is 6.18 Å². The number of aromatic nitrogens is 2. The standard InChI is InChI=1S/C73H37F3N8/c74-73(75,76)59-19-22-60(58(32-59)43-82)57-14-21-62(72(37-57)84-69-25-17-55(51-11-3-7-46(29-51)40-79)35-65(69)66-36-56(18-26-70(66)84)52-12-4-8-47(30-52)41-80)61-20-13-48(42-81)31-71(61)83-67-23-15-53(49-9-1-5-44(27-49)38-77)33-63(67)64-34-54(16-24-68(64)83)50-10-2-6-45(28-50)39-78/h1-37H. The Labute approximate surface area is 479 Å². The second-order valence-electron chi connectivity index (χ2n) is 20.3. The molecular weight excluding hydrogens is 1050 g/mol. The third-order valence-electron chi connectivity index (χ3n) is 15.5. The van der Waals surface area contributed by atoms with Crippen molar-refractivity contribution in [3.8, 4) is 115 Å². The molecule has 13 aromatic rings. The van der Waals surface area contributed by atoms with Crippen molar-refractivity contribution in [2.45, 2.75) is 6.18 Å². The molecule has 0 aliphatic heterocycles. The van der Waals surface area contributed by atoms with Crippen LogP contribution in [0.1, 0.15) is 38.9 Å². The molecule has 0 bridgehead atoms. The topological polar surface area (TPSA) is 153 Å². The van der Waals surface area contributed by atoms with Crippen LogP contribution in [0, 0.1) is 68.0 Å². The van der Waals surface area contributed by atoms with Crippen molar-refractivity contribution in [2.24, 2.45) is 0 Å². The largest absolute Gasteiger partial charge is 0.416 e. The summed E-state index contributed by atoms with van der Waals surface area (Å²) in [6, 6.07) is 81.6. The molecule has 0 unspecified atom stereocenters. The maximum atomic E-state index is 14.2. The van der Waals surface area contributed by atoms with Crippen molar-refractivity contribution >= 4 is 43.6 Å². The Kier molecular flexibility index (Phi) is 12.5. The van der Waals surface area contributed by atoms with Crippen molar-refractivity contribution in [1.82, 2.24) is 9.13 Å². The Morgan fingerprint density at radius 2 is 0.595 bits per heavy atom. The van der Waals surface area contributed by atoms with Crippen LogP contribution in [0.25, 0.3) is 122 Å². The number of alkyl halides is 3. The van der Waals surface area contributed by atoms with E-state index in [1.54, 1.807) is 36.4 Å². The van der Waals surface area contributed by atoms with Gasteiger partial charge in [-0.3, -0.25) is 0 Å². The third-order valence-corrected chi connectivity index (χ3v) is 15.5. The van der Waals surface area contributed by atoms with E-state index in [1.807, 2.05) is 152 Å². The highest BCUT2D eigenvalue weighted by molar-refractivity contribution is 6.14. The van der Waals surface area contributed by atoms with E-state index in [4.69, 9.17) is 0 Å². The normalized spacial score (nSPS) is 11.2. The van der Waals surface area contributed by atoms with Gasteiger partial charge in [0.2, 0.25) is 0 Å². The smallest absolute Gasteiger partial charge is 0.309 e. The highest BCUT2D eigenvalue weighted by Crippen LogP contribution is 2.46. The number of rotatable bonds is 8. The van der Waals surface area contributed by atoms with Crippen LogP contribution >= 0.6 is 0 Å². The molecule has 0 N–H and O–H groups in total. The fourth-order valence-corrected chi connectivity index (χ4v) is 11.5. The Morgan fingerprint density at radius 1 is 0.274 bits per heavy atom. The Morgan fingerprint density at radius 3 is 0.952 bits per heavy atom. The lowest BCUT2D eigenvalue weighted by atomic mass is 9.93. The monoisotopic (exact) mass is 1080 g/mol. The van der Waals surface area contributed by atoms with Crippen LogP contribution in [-0.4, -0.2) is 9.13 Å². The highest BCUT2D eigenvalue weighted by atomic mass is 19.4. The van der Waals surface area contributed by atoms with Crippen molar-refractivity contribution in [3.63, 3.8) is 0 Å². The molecule has 0 fully saturated rings. The van der Waals surface area contributed by atoms with Gasteiger partial charge in [-0.2, -0.15) is 44.7 Å². The van der Waals surface area contributed by atoms with Gasteiger partial charge in [-0.25, -0.2) is 0 Å². The first-order valence-corrected chi connectivity index (χ1v) is 26.5. The lowest BCUT2D eigenvalue weighted by Crippen LogP contribution is -2.05. The summed E-state index contributed by atoms with van der Waals surface area (Å²) in [5, 5.41) is 64.2. The van der Waals surface area contributed by atoms with Crippen LogP contribution in [0.15, 0.2) is 224 Å².